The third-order valence-electron chi connectivity index (χ3n) is 3.15. The third-order valence-corrected chi connectivity index (χ3v) is 3.15. The first-order chi connectivity index (χ1) is 7.41. The van der Waals surface area contributed by atoms with Crippen LogP contribution in [0.3, 0.4) is 0 Å². The van der Waals surface area contributed by atoms with Crippen molar-refractivity contribution in [2.24, 2.45) is 5.41 Å². The van der Waals surface area contributed by atoms with Gasteiger partial charge >= 0.3 is 5.97 Å². The monoisotopic (exact) mass is 228 g/mol. The number of rotatable bonds is 7. The van der Waals surface area contributed by atoms with Crippen LogP contribution in [-0.4, -0.2) is 17.9 Å². The van der Waals surface area contributed by atoms with Gasteiger partial charge in [0.25, 0.3) is 0 Å². The molecule has 0 amide bonds. The van der Waals surface area contributed by atoms with Crippen molar-refractivity contribution >= 4 is 11.8 Å². The van der Waals surface area contributed by atoms with E-state index in [9.17, 15) is 9.59 Å². The quantitative estimate of drug-likeness (QED) is 0.629. The maximum atomic E-state index is 12.0. The molecule has 0 bridgehead atoms. The number of esters is 1. The average Bonchev–Trinajstić information content (AvgIpc) is 2.25. The zero-order valence-corrected chi connectivity index (χ0v) is 11.1. The molecule has 3 nitrogen and oxygen atoms in total. The van der Waals surface area contributed by atoms with Gasteiger partial charge in [-0.25, -0.2) is 0 Å². The van der Waals surface area contributed by atoms with Crippen LogP contribution >= 0.6 is 0 Å². The Kier molecular flexibility index (Phi) is 6.31. The van der Waals surface area contributed by atoms with E-state index >= 15 is 0 Å². The van der Waals surface area contributed by atoms with Gasteiger partial charge in [0, 0.05) is 0 Å². The highest BCUT2D eigenvalue weighted by atomic mass is 16.5. The van der Waals surface area contributed by atoms with Gasteiger partial charge in [0.2, 0.25) is 0 Å². The zero-order chi connectivity index (χ0) is 12.8. The summed E-state index contributed by atoms with van der Waals surface area (Å²) in [7, 11) is 0. The average molecular weight is 228 g/mol. The van der Waals surface area contributed by atoms with Gasteiger partial charge in [-0.05, 0) is 33.1 Å². The van der Waals surface area contributed by atoms with Crippen molar-refractivity contribution in [1.29, 1.82) is 0 Å². The van der Waals surface area contributed by atoms with Crippen LogP contribution in [0.4, 0.5) is 0 Å². The van der Waals surface area contributed by atoms with Crippen LogP contribution in [0.2, 0.25) is 0 Å². The van der Waals surface area contributed by atoms with Crippen LogP contribution in [0.1, 0.15) is 60.3 Å². The van der Waals surface area contributed by atoms with Gasteiger partial charge in [0.05, 0.1) is 5.41 Å². The summed E-state index contributed by atoms with van der Waals surface area (Å²) in [6.07, 6.45) is 2.46. The van der Waals surface area contributed by atoms with E-state index in [0.717, 1.165) is 19.3 Å². The van der Waals surface area contributed by atoms with Crippen molar-refractivity contribution in [3.63, 3.8) is 0 Å². The summed E-state index contributed by atoms with van der Waals surface area (Å²) in [4.78, 5) is 23.2. The molecule has 0 saturated carbocycles. The van der Waals surface area contributed by atoms with Crippen molar-refractivity contribution in [3.8, 4) is 0 Å². The molecule has 0 fully saturated rings. The Hall–Kier alpha value is -0.860. The van der Waals surface area contributed by atoms with Gasteiger partial charge < -0.3 is 4.74 Å². The van der Waals surface area contributed by atoms with E-state index in [1.807, 2.05) is 27.7 Å². The Balaban J connectivity index is 4.58. The molecule has 0 rings (SSSR count). The maximum absolute atomic E-state index is 12.0. The first kappa shape index (κ1) is 15.1. The minimum atomic E-state index is -0.574. The van der Waals surface area contributed by atoms with E-state index in [1.165, 1.54) is 6.92 Å². The molecule has 0 aliphatic heterocycles. The standard InChI is InChI=1S/C13H24O3/c1-6-9-13(5,8-3)12(15)16-11(7-2)10(4)14/h11H,6-9H2,1-5H3. The van der Waals surface area contributed by atoms with Gasteiger partial charge in [-0.15, -0.1) is 0 Å². The molecule has 16 heavy (non-hydrogen) atoms. The number of hydrogen-bond acceptors (Lipinski definition) is 3. The molecule has 3 heteroatoms. The van der Waals surface area contributed by atoms with Crippen molar-refractivity contribution in [3.05, 3.63) is 0 Å². The number of Topliss-reactive ketones (excluding diaryl/α,β-unsaturated/α-hetero) is 1. The molecule has 0 aromatic carbocycles. The fraction of sp³-hybridized carbons (Fsp3) is 0.846. The van der Waals surface area contributed by atoms with Gasteiger partial charge in [0.15, 0.2) is 11.9 Å². The molecule has 0 aliphatic rings. The minimum Gasteiger partial charge on any atom is -0.454 e. The van der Waals surface area contributed by atoms with Crippen molar-refractivity contribution in [2.75, 3.05) is 0 Å². The van der Waals surface area contributed by atoms with Crippen molar-refractivity contribution in [1.82, 2.24) is 0 Å². The molecule has 0 N–H and O–H groups in total. The summed E-state index contributed by atoms with van der Waals surface area (Å²) in [6, 6.07) is 0. The molecule has 2 unspecified atom stereocenters. The Bertz CT molecular complexity index is 248. The summed E-state index contributed by atoms with van der Waals surface area (Å²) < 4.78 is 5.28. The molecule has 0 aliphatic carbocycles. The second-order valence-electron chi connectivity index (χ2n) is 4.58. The number of carbonyl (C=O) groups is 2. The lowest BCUT2D eigenvalue weighted by molar-refractivity contribution is -0.165. The molecule has 0 aromatic heterocycles. The minimum absolute atomic E-state index is 0.0780. The van der Waals surface area contributed by atoms with Gasteiger partial charge in [-0.3, -0.25) is 9.59 Å². The number of carbonyl (C=O) groups excluding carboxylic acids is 2. The number of ether oxygens (including phenoxy) is 1. The van der Waals surface area contributed by atoms with Crippen molar-refractivity contribution < 1.29 is 14.3 Å². The molecule has 0 heterocycles. The summed E-state index contributed by atoms with van der Waals surface area (Å²) in [5.41, 5.74) is -0.447. The van der Waals surface area contributed by atoms with E-state index in [4.69, 9.17) is 4.74 Å². The molecule has 0 aromatic rings. The summed E-state index contributed by atoms with van der Waals surface area (Å²) in [6.45, 7) is 9.24. The number of hydrogen-bond donors (Lipinski definition) is 0. The van der Waals surface area contributed by atoms with E-state index in [2.05, 4.69) is 0 Å². The Morgan fingerprint density at radius 2 is 1.81 bits per heavy atom. The van der Waals surface area contributed by atoms with E-state index < -0.39 is 11.5 Å². The SMILES string of the molecule is CCCC(C)(CC)C(=O)OC(CC)C(C)=O. The lowest BCUT2D eigenvalue weighted by atomic mass is 9.83. The molecule has 0 radical (unpaired) electrons. The van der Waals surface area contributed by atoms with Crippen LogP contribution in [0.25, 0.3) is 0 Å². The van der Waals surface area contributed by atoms with E-state index in [0.29, 0.717) is 6.42 Å². The first-order valence-electron chi connectivity index (χ1n) is 6.12. The van der Waals surface area contributed by atoms with Crippen LogP contribution in [-0.2, 0) is 14.3 Å². The first-order valence-corrected chi connectivity index (χ1v) is 6.12. The zero-order valence-electron chi connectivity index (χ0n) is 11.1. The summed E-state index contributed by atoms with van der Waals surface area (Å²) >= 11 is 0. The second-order valence-corrected chi connectivity index (χ2v) is 4.58. The van der Waals surface area contributed by atoms with E-state index in [-0.39, 0.29) is 11.8 Å². The van der Waals surface area contributed by atoms with Crippen LogP contribution in [0, 0.1) is 5.41 Å². The second kappa shape index (κ2) is 6.66. The van der Waals surface area contributed by atoms with Crippen LogP contribution < -0.4 is 0 Å². The normalized spacial score (nSPS) is 16.3. The molecule has 94 valence electrons. The smallest absolute Gasteiger partial charge is 0.312 e. The highest BCUT2D eigenvalue weighted by Gasteiger charge is 2.34. The Morgan fingerprint density at radius 3 is 2.12 bits per heavy atom. The lowest BCUT2D eigenvalue weighted by Gasteiger charge is -2.27. The number of ketones is 1. The highest BCUT2D eigenvalue weighted by Crippen LogP contribution is 2.29. The Labute approximate surface area is 98.6 Å². The largest absolute Gasteiger partial charge is 0.454 e. The topological polar surface area (TPSA) is 43.4 Å². The van der Waals surface area contributed by atoms with Gasteiger partial charge in [0.1, 0.15) is 0 Å². The van der Waals surface area contributed by atoms with Crippen LogP contribution in [0.15, 0.2) is 0 Å². The molecular formula is C13H24O3. The fourth-order valence-electron chi connectivity index (χ4n) is 1.70. The third kappa shape index (κ3) is 3.95. The molecule has 0 spiro atoms. The fourth-order valence-corrected chi connectivity index (χ4v) is 1.70. The molecular weight excluding hydrogens is 204 g/mol. The molecule has 0 saturated heterocycles. The highest BCUT2D eigenvalue weighted by molar-refractivity contribution is 5.85. The maximum Gasteiger partial charge on any atom is 0.312 e. The summed E-state index contributed by atoms with van der Waals surface area (Å²) in [5.74, 6) is -0.315. The lowest BCUT2D eigenvalue weighted by Crippen LogP contribution is -2.34. The van der Waals surface area contributed by atoms with E-state index in [1.54, 1.807) is 0 Å². The predicted octanol–water partition coefficient (Wildman–Crippen LogP) is 3.11. The Morgan fingerprint density at radius 1 is 1.25 bits per heavy atom. The van der Waals surface area contributed by atoms with Crippen LogP contribution in [0.5, 0.6) is 0 Å². The predicted molar refractivity (Wildman–Crippen MR) is 64.2 cm³/mol. The van der Waals surface area contributed by atoms with Gasteiger partial charge in [-0.2, -0.15) is 0 Å². The molecule has 2 atom stereocenters. The van der Waals surface area contributed by atoms with Gasteiger partial charge in [-0.1, -0.05) is 27.2 Å². The summed E-state index contributed by atoms with van der Waals surface area (Å²) in [5, 5.41) is 0. The van der Waals surface area contributed by atoms with Crippen molar-refractivity contribution in [2.45, 2.75) is 66.4 Å².